The molecule has 0 aliphatic rings. The fraction of sp³-hybridized carbons (Fsp3) is 0.0909. The second-order valence-corrected chi connectivity index (χ2v) is 4.01. The fourth-order valence-corrected chi connectivity index (χ4v) is 1.52. The van der Waals surface area contributed by atoms with Crippen molar-refractivity contribution in [1.29, 1.82) is 0 Å². The number of hydrogen-bond acceptors (Lipinski definition) is 3. The summed E-state index contributed by atoms with van der Waals surface area (Å²) in [6, 6.07) is 8.02. The first-order chi connectivity index (χ1) is 7.29. The average Bonchev–Trinajstić information content (AvgIpc) is 2.30. The summed E-state index contributed by atoms with van der Waals surface area (Å²) < 4.78 is 1.06. The number of aromatic nitrogens is 2. The van der Waals surface area contributed by atoms with Crippen LogP contribution in [0.4, 0.5) is 0 Å². The molecule has 0 fully saturated rings. The summed E-state index contributed by atoms with van der Waals surface area (Å²) in [5, 5.41) is 0. The third-order valence-corrected chi connectivity index (χ3v) is 2.59. The van der Waals surface area contributed by atoms with E-state index in [1.807, 2.05) is 24.3 Å². The van der Waals surface area contributed by atoms with Crippen molar-refractivity contribution in [3.8, 4) is 11.1 Å². The molecule has 0 spiro atoms. The number of nitrogens with two attached hydrogens (primary N) is 1. The maximum atomic E-state index is 5.43. The third kappa shape index (κ3) is 2.40. The van der Waals surface area contributed by atoms with Crippen molar-refractivity contribution >= 4 is 15.9 Å². The molecule has 2 aromatic rings. The molecular weight excluding hydrogens is 254 g/mol. The summed E-state index contributed by atoms with van der Waals surface area (Å²) in [5.41, 5.74) is 7.53. The van der Waals surface area contributed by atoms with E-state index in [0.29, 0.717) is 12.4 Å². The molecular formula is C11H10BrN3. The molecule has 0 aliphatic heterocycles. The topological polar surface area (TPSA) is 51.8 Å². The Labute approximate surface area is 96.5 Å². The van der Waals surface area contributed by atoms with Crippen molar-refractivity contribution in [3.63, 3.8) is 0 Å². The molecule has 0 atom stereocenters. The lowest BCUT2D eigenvalue weighted by molar-refractivity contribution is 0.910. The molecule has 0 radical (unpaired) electrons. The molecule has 0 amide bonds. The van der Waals surface area contributed by atoms with E-state index in [-0.39, 0.29) is 0 Å². The second kappa shape index (κ2) is 4.51. The fourth-order valence-electron chi connectivity index (χ4n) is 1.25. The van der Waals surface area contributed by atoms with Crippen molar-refractivity contribution in [1.82, 2.24) is 9.97 Å². The molecule has 1 heterocycles. The Bertz CT molecular complexity index is 436. The largest absolute Gasteiger partial charge is 0.324 e. The molecule has 0 saturated heterocycles. The monoisotopic (exact) mass is 263 g/mol. The molecule has 2 rings (SSSR count). The highest BCUT2D eigenvalue weighted by Gasteiger charge is 1.99. The van der Waals surface area contributed by atoms with Crippen LogP contribution in [0.1, 0.15) is 5.82 Å². The smallest absolute Gasteiger partial charge is 0.141 e. The second-order valence-electron chi connectivity index (χ2n) is 3.10. The lowest BCUT2D eigenvalue weighted by atomic mass is 10.1. The van der Waals surface area contributed by atoms with E-state index in [4.69, 9.17) is 5.73 Å². The normalized spacial score (nSPS) is 10.3. The summed E-state index contributed by atoms with van der Waals surface area (Å²) in [6.07, 6.45) is 3.58. The first-order valence-corrected chi connectivity index (χ1v) is 5.36. The van der Waals surface area contributed by atoms with Crippen LogP contribution in [-0.2, 0) is 6.54 Å². The SMILES string of the molecule is NCc1ncc(-c2ccc(Br)cc2)cn1. The first kappa shape index (κ1) is 10.3. The van der Waals surface area contributed by atoms with Gasteiger partial charge in [-0.25, -0.2) is 9.97 Å². The Morgan fingerprint density at radius 3 is 2.13 bits per heavy atom. The molecule has 2 N–H and O–H groups in total. The van der Waals surface area contributed by atoms with Gasteiger partial charge in [-0.15, -0.1) is 0 Å². The Kier molecular flexibility index (Phi) is 3.08. The van der Waals surface area contributed by atoms with E-state index < -0.39 is 0 Å². The van der Waals surface area contributed by atoms with Gasteiger partial charge in [0, 0.05) is 22.4 Å². The Balaban J connectivity index is 2.33. The highest BCUT2D eigenvalue weighted by atomic mass is 79.9. The molecule has 4 heteroatoms. The van der Waals surface area contributed by atoms with E-state index in [2.05, 4.69) is 25.9 Å². The lowest BCUT2D eigenvalue weighted by Crippen LogP contribution is -2.01. The van der Waals surface area contributed by atoms with Gasteiger partial charge in [-0.05, 0) is 17.7 Å². The van der Waals surface area contributed by atoms with Crippen LogP contribution in [-0.4, -0.2) is 9.97 Å². The van der Waals surface area contributed by atoms with Gasteiger partial charge in [0.25, 0.3) is 0 Å². The molecule has 0 bridgehead atoms. The highest BCUT2D eigenvalue weighted by molar-refractivity contribution is 9.10. The van der Waals surface area contributed by atoms with Gasteiger partial charge in [0.15, 0.2) is 0 Å². The number of hydrogen-bond donors (Lipinski definition) is 1. The van der Waals surface area contributed by atoms with E-state index in [0.717, 1.165) is 15.6 Å². The standard InChI is InChI=1S/C11H10BrN3/c12-10-3-1-8(2-4-10)9-6-14-11(5-13)15-7-9/h1-4,6-7H,5,13H2. The van der Waals surface area contributed by atoms with E-state index >= 15 is 0 Å². The van der Waals surface area contributed by atoms with Crippen LogP contribution in [0, 0.1) is 0 Å². The number of halogens is 1. The molecule has 76 valence electrons. The van der Waals surface area contributed by atoms with Crippen LogP contribution in [0.3, 0.4) is 0 Å². The Hall–Kier alpha value is -1.26. The van der Waals surface area contributed by atoms with Crippen molar-refractivity contribution in [2.24, 2.45) is 5.73 Å². The summed E-state index contributed by atoms with van der Waals surface area (Å²) in [7, 11) is 0. The lowest BCUT2D eigenvalue weighted by Gasteiger charge is -2.01. The van der Waals surface area contributed by atoms with E-state index in [1.165, 1.54) is 0 Å². The molecule has 1 aromatic carbocycles. The van der Waals surface area contributed by atoms with Crippen LogP contribution in [0.5, 0.6) is 0 Å². The number of nitrogens with zero attached hydrogens (tertiary/aromatic N) is 2. The van der Waals surface area contributed by atoms with Crippen molar-refractivity contribution < 1.29 is 0 Å². The molecule has 3 nitrogen and oxygen atoms in total. The predicted octanol–water partition coefficient (Wildman–Crippen LogP) is 2.36. The molecule has 15 heavy (non-hydrogen) atoms. The predicted molar refractivity (Wildman–Crippen MR) is 63.1 cm³/mol. The van der Waals surface area contributed by atoms with Gasteiger partial charge < -0.3 is 5.73 Å². The molecule has 1 aromatic heterocycles. The number of benzene rings is 1. The van der Waals surface area contributed by atoms with E-state index in [1.54, 1.807) is 12.4 Å². The van der Waals surface area contributed by atoms with Gasteiger partial charge in [-0.1, -0.05) is 28.1 Å². The van der Waals surface area contributed by atoms with Gasteiger partial charge >= 0.3 is 0 Å². The minimum atomic E-state index is 0.376. The molecule has 0 saturated carbocycles. The maximum absolute atomic E-state index is 5.43. The van der Waals surface area contributed by atoms with Crippen molar-refractivity contribution in [2.45, 2.75) is 6.54 Å². The zero-order valence-electron chi connectivity index (χ0n) is 8.02. The van der Waals surface area contributed by atoms with Crippen LogP contribution in [0.25, 0.3) is 11.1 Å². The van der Waals surface area contributed by atoms with Gasteiger partial charge in [0.1, 0.15) is 5.82 Å². The summed E-state index contributed by atoms with van der Waals surface area (Å²) in [5.74, 6) is 0.663. The minimum absolute atomic E-state index is 0.376. The third-order valence-electron chi connectivity index (χ3n) is 2.07. The van der Waals surface area contributed by atoms with Crippen LogP contribution in [0.15, 0.2) is 41.1 Å². The molecule has 0 aliphatic carbocycles. The van der Waals surface area contributed by atoms with Crippen LogP contribution in [0.2, 0.25) is 0 Å². The van der Waals surface area contributed by atoms with Gasteiger partial charge in [-0.2, -0.15) is 0 Å². The van der Waals surface area contributed by atoms with Crippen LogP contribution >= 0.6 is 15.9 Å². The number of rotatable bonds is 2. The zero-order valence-corrected chi connectivity index (χ0v) is 9.61. The summed E-state index contributed by atoms with van der Waals surface area (Å²) >= 11 is 3.39. The first-order valence-electron chi connectivity index (χ1n) is 4.56. The minimum Gasteiger partial charge on any atom is -0.324 e. The van der Waals surface area contributed by atoms with Gasteiger partial charge in [0.05, 0.1) is 6.54 Å². The summed E-state index contributed by atoms with van der Waals surface area (Å²) in [6.45, 7) is 0.376. The van der Waals surface area contributed by atoms with Crippen molar-refractivity contribution in [2.75, 3.05) is 0 Å². The zero-order chi connectivity index (χ0) is 10.7. The summed E-state index contributed by atoms with van der Waals surface area (Å²) in [4.78, 5) is 8.30. The maximum Gasteiger partial charge on any atom is 0.141 e. The highest BCUT2D eigenvalue weighted by Crippen LogP contribution is 2.20. The van der Waals surface area contributed by atoms with Crippen molar-refractivity contribution in [3.05, 3.63) is 47.0 Å². The van der Waals surface area contributed by atoms with Gasteiger partial charge in [-0.3, -0.25) is 0 Å². The van der Waals surface area contributed by atoms with E-state index in [9.17, 15) is 0 Å². The quantitative estimate of drug-likeness (QED) is 0.905. The Morgan fingerprint density at radius 1 is 1.00 bits per heavy atom. The van der Waals surface area contributed by atoms with Crippen LogP contribution < -0.4 is 5.73 Å². The average molecular weight is 264 g/mol. The Morgan fingerprint density at radius 2 is 1.60 bits per heavy atom. The molecule has 0 unspecified atom stereocenters. The van der Waals surface area contributed by atoms with Gasteiger partial charge in [0.2, 0.25) is 0 Å².